The predicted molar refractivity (Wildman–Crippen MR) is 75.0 cm³/mol. The summed E-state index contributed by atoms with van der Waals surface area (Å²) in [5.74, 6) is 1.69. The van der Waals surface area contributed by atoms with E-state index in [1.54, 1.807) is 20.4 Å². The third-order valence-corrected chi connectivity index (χ3v) is 4.01. The van der Waals surface area contributed by atoms with Crippen molar-refractivity contribution in [1.82, 2.24) is 10.6 Å². The minimum Gasteiger partial charge on any atom is -0.467 e. The zero-order valence-electron chi connectivity index (χ0n) is 12.1. The molecule has 5 heteroatoms. The Morgan fingerprint density at radius 1 is 1.58 bits per heavy atom. The molecular weight excluding hydrogens is 242 g/mol. The summed E-state index contributed by atoms with van der Waals surface area (Å²) in [5, 5.41) is 6.68. The quantitative estimate of drug-likeness (QED) is 0.643. The van der Waals surface area contributed by atoms with Crippen LogP contribution >= 0.6 is 0 Å². The lowest BCUT2D eigenvalue weighted by Crippen LogP contribution is -2.63. The predicted octanol–water partition coefficient (Wildman–Crippen LogP) is 1.76. The third kappa shape index (κ3) is 2.92. The Morgan fingerprint density at radius 3 is 2.89 bits per heavy atom. The Labute approximate surface area is 114 Å². The van der Waals surface area contributed by atoms with Gasteiger partial charge in [-0.15, -0.1) is 0 Å². The first-order chi connectivity index (χ1) is 9.07. The molecule has 0 aromatic carbocycles. The van der Waals surface area contributed by atoms with E-state index in [1.807, 2.05) is 12.1 Å². The second-order valence-electron chi connectivity index (χ2n) is 5.48. The van der Waals surface area contributed by atoms with Crippen molar-refractivity contribution < 1.29 is 9.15 Å². The molecule has 1 aromatic heterocycles. The molecule has 1 saturated carbocycles. The smallest absolute Gasteiger partial charge is 0.191 e. The highest BCUT2D eigenvalue weighted by Gasteiger charge is 2.48. The molecule has 0 radical (unpaired) electrons. The molecule has 0 amide bonds. The molecule has 106 valence electrons. The number of ether oxygens (including phenoxy) is 1. The van der Waals surface area contributed by atoms with Crippen molar-refractivity contribution in [3.63, 3.8) is 0 Å². The molecule has 1 fully saturated rings. The lowest BCUT2D eigenvalue weighted by atomic mass is 9.64. The van der Waals surface area contributed by atoms with Crippen LogP contribution in [-0.4, -0.2) is 32.3 Å². The lowest BCUT2D eigenvalue weighted by molar-refractivity contribution is -0.0922. The molecule has 1 heterocycles. The fraction of sp³-hybridized carbons (Fsp3) is 0.643. The summed E-state index contributed by atoms with van der Waals surface area (Å²) >= 11 is 0. The molecule has 19 heavy (non-hydrogen) atoms. The van der Waals surface area contributed by atoms with Crippen molar-refractivity contribution in [2.24, 2.45) is 10.4 Å². The number of hydrogen-bond donors (Lipinski definition) is 2. The molecular formula is C14H23N3O2. The molecule has 1 aliphatic rings. The topological polar surface area (TPSA) is 58.8 Å². The van der Waals surface area contributed by atoms with Gasteiger partial charge in [-0.3, -0.25) is 4.99 Å². The molecule has 0 bridgehead atoms. The SMILES string of the molecule is CN=C(NCc1ccco1)NC1CC(OC)C1(C)C. The summed E-state index contributed by atoms with van der Waals surface area (Å²) in [4.78, 5) is 4.24. The van der Waals surface area contributed by atoms with E-state index in [1.165, 1.54) is 0 Å². The second kappa shape index (κ2) is 5.65. The summed E-state index contributed by atoms with van der Waals surface area (Å²) in [6.07, 6.45) is 2.99. The van der Waals surface area contributed by atoms with Crippen molar-refractivity contribution >= 4 is 5.96 Å². The van der Waals surface area contributed by atoms with Gasteiger partial charge < -0.3 is 19.8 Å². The summed E-state index contributed by atoms with van der Waals surface area (Å²) in [6, 6.07) is 4.19. The first-order valence-corrected chi connectivity index (χ1v) is 6.60. The number of aliphatic imine (C=N–C) groups is 1. The third-order valence-electron chi connectivity index (χ3n) is 4.01. The molecule has 0 spiro atoms. The van der Waals surface area contributed by atoms with E-state index >= 15 is 0 Å². The van der Waals surface area contributed by atoms with Crippen LogP contribution in [-0.2, 0) is 11.3 Å². The van der Waals surface area contributed by atoms with Gasteiger partial charge >= 0.3 is 0 Å². The molecule has 0 saturated heterocycles. The van der Waals surface area contributed by atoms with E-state index in [0.29, 0.717) is 18.7 Å². The monoisotopic (exact) mass is 265 g/mol. The number of hydrogen-bond acceptors (Lipinski definition) is 3. The number of guanidine groups is 1. The number of nitrogens with one attached hydrogen (secondary N) is 2. The Hall–Kier alpha value is -1.49. The summed E-state index contributed by atoms with van der Waals surface area (Å²) < 4.78 is 10.7. The van der Waals surface area contributed by atoms with Crippen molar-refractivity contribution in [3.8, 4) is 0 Å². The largest absolute Gasteiger partial charge is 0.467 e. The van der Waals surface area contributed by atoms with Gasteiger partial charge in [0.2, 0.25) is 0 Å². The fourth-order valence-corrected chi connectivity index (χ4v) is 2.47. The van der Waals surface area contributed by atoms with Gasteiger partial charge in [0.05, 0.1) is 18.9 Å². The zero-order chi connectivity index (χ0) is 13.9. The second-order valence-corrected chi connectivity index (χ2v) is 5.48. The number of nitrogens with zero attached hydrogens (tertiary/aromatic N) is 1. The molecule has 2 unspecified atom stereocenters. The molecule has 5 nitrogen and oxygen atoms in total. The molecule has 2 N–H and O–H groups in total. The molecule has 1 aromatic rings. The van der Waals surface area contributed by atoms with Crippen molar-refractivity contribution in [3.05, 3.63) is 24.2 Å². The highest BCUT2D eigenvalue weighted by molar-refractivity contribution is 5.80. The maximum atomic E-state index is 5.45. The Balaban J connectivity index is 1.84. The van der Waals surface area contributed by atoms with Gasteiger partial charge in [-0.25, -0.2) is 0 Å². The van der Waals surface area contributed by atoms with E-state index in [2.05, 4.69) is 29.5 Å². The van der Waals surface area contributed by atoms with Crippen LogP contribution in [0.4, 0.5) is 0 Å². The fourth-order valence-electron chi connectivity index (χ4n) is 2.47. The van der Waals surface area contributed by atoms with Crippen LogP contribution in [0, 0.1) is 5.41 Å². The Kier molecular flexibility index (Phi) is 4.14. The van der Waals surface area contributed by atoms with Crippen LogP contribution in [0.5, 0.6) is 0 Å². The van der Waals surface area contributed by atoms with Crippen LogP contribution in [0.3, 0.4) is 0 Å². The van der Waals surface area contributed by atoms with E-state index in [0.717, 1.165) is 18.1 Å². The van der Waals surface area contributed by atoms with Crippen LogP contribution in [0.15, 0.2) is 27.8 Å². The number of rotatable bonds is 4. The minimum atomic E-state index is 0.122. The van der Waals surface area contributed by atoms with Gasteiger partial charge in [-0.1, -0.05) is 13.8 Å². The van der Waals surface area contributed by atoms with Gasteiger partial charge in [0, 0.05) is 25.6 Å². The molecule has 2 rings (SSSR count). The standard InChI is InChI=1S/C14H23N3O2/c1-14(2)11(8-12(14)18-4)17-13(15-3)16-9-10-6-5-7-19-10/h5-7,11-12H,8-9H2,1-4H3,(H2,15,16,17). The maximum absolute atomic E-state index is 5.45. The van der Waals surface area contributed by atoms with E-state index < -0.39 is 0 Å². The highest BCUT2D eigenvalue weighted by Crippen LogP contribution is 2.42. The number of methoxy groups -OCH3 is 1. The lowest BCUT2D eigenvalue weighted by Gasteiger charge is -2.51. The first kappa shape index (κ1) is 13.9. The van der Waals surface area contributed by atoms with Gasteiger partial charge in [0.1, 0.15) is 5.76 Å². The summed E-state index contributed by atoms with van der Waals surface area (Å²) in [5.41, 5.74) is 0.122. The van der Waals surface area contributed by atoms with Gasteiger partial charge in [-0.05, 0) is 18.6 Å². The normalized spacial score (nSPS) is 25.8. The first-order valence-electron chi connectivity index (χ1n) is 6.60. The number of furan rings is 1. The summed E-state index contributed by atoms with van der Waals surface area (Å²) in [6.45, 7) is 5.05. The van der Waals surface area contributed by atoms with E-state index in [4.69, 9.17) is 9.15 Å². The van der Waals surface area contributed by atoms with Gasteiger partial charge in [0.15, 0.2) is 5.96 Å². The van der Waals surface area contributed by atoms with Crippen molar-refractivity contribution in [2.75, 3.05) is 14.2 Å². The van der Waals surface area contributed by atoms with Crippen LogP contribution in [0.1, 0.15) is 26.0 Å². The van der Waals surface area contributed by atoms with E-state index in [9.17, 15) is 0 Å². The Bertz CT molecular complexity index is 426. The van der Waals surface area contributed by atoms with Crippen LogP contribution in [0.25, 0.3) is 0 Å². The summed E-state index contributed by atoms with van der Waals surface area (Å²) in [7, 11) is 3.55. The maximum Gasteiger partial charge on any atom is 0.191 e. The molecule has 0 aliphatic heterocycles. The molecule has 1 aliphatic carbocycles. The van der Waals surface area contributed by atoms with Crippen LogP contribution in [0.2, 0.25) is 0 Å². The van der Waals surface area contributed by atoms with Crippen molar-refractivity contribution in [1.29, 1.82) is 0 Å². The van der Waals surface area contributed by atoms with Crippen LogP contribution < -0.4 is 10.6 Å². The van der Waals surface area contributed by atoms with Gasteiger partial charge in [-0.2, -0.15) is 0 Å². The zero-order valence-corrected chi connectivity index (χ0v) is 12.1. The van der Waals surface area contributed by atoms with Crippen molar-refractivity contribution in [2.45, 2.75) is 39.0 Å². The average molecular weight is 265 g/mol. The van der Waals surface area contributed by atoms with Gasteiger partial charge in [0.25, 0.3) is 0 Å². The minimum absolute atomic E-state index is 0.122. The Morgan fingerprint density at radius 2 is 2.37 bits per heavy atom. The highest BCUT2D eigenvalue weighted by atomic mass is 16.5. The molecule has 2 atom stereocenters. The average Bonchev–Trinajstić information content (AvgIpc) is 2.90. The van der Waals surface area contributed by atoms with E-state index in [-0.39, 0.29) is 5.41 Å².